The number of hydrogen-bond donors (Lipinski definition) is 0. The molecule has 0 bridgehead atoms. The van der Waals surface area contributed by atoms with Gasteiger partial charge in [0.05, 0.1) is 0 Å². The van der Waals surface area contributed by atoms with E-state index in [1.54, 1.807) is 12.2 Å². The molecule has 0 N–H and O–H groups in total. The van der Waals surface area contributed by atoms with Crippen LogP contribution < -0.4 is 0 Å². The third kappa shape index (κ3) is 5.36. The Bertz CT molecular complexity index is 505. The molecule has 1 nitrogen and oxygen atoms in total. The van der Waals surface area contributed by atoms with Crippen LogP contribution in [0, 0.1) is 0 Å². The first-order valence-corrected chi connectivity index (χ1v) is 5.85. The predicted octanol–water partition coefficient (Wildman–Crippen LogP) is 4.40. The lowest BCUT2D eigenvalue weighted by atomic mass is 10.1. The number of ketones is 1. The molecule has 0 aliphatic rings. The molecule has 0 aliphatic heterocycles. The van der Waals surface area contributed by atoms with Crippen LogP contribution in [0.5, 0.6) is 0 Å². The number of hydrogen-bond acceptors (Lipinski definition) is 1. The smallest absolute Gasteiger partial charge is 0.178 e. The Labute approximate surface area is 119 Å². The Kier molecular flexibility index (Phi) is 6.34. The third-order valence-corrected chi connectivity index (χ3v) is 2.48. The molecule has 0 saturated heterocycles. The van der Waals surface area contributed by atoms with Crippen molar-refractivity contribution >= 4 is 30.3 Å². The molecule has 96 valence electrons. The number of carbonyl (C=O) groups excluding carboxylic acids is 1. The average Bonchev–Trinajstić information content (AvgIpc) is 2.45. The van der Waals surface area contributed by atoms with Crippen molar-refractivity contribution in [3.05, 3.63) is 83.9 Å². The standard InChI is InChI=1S/C17H14O.ClH/c18-17(13-11-15-7-3-1-4-8-15)14-12-16-9-5-2-6-10-16;/h1-14H;1H. The maximum Gasteiger partial charge on any atom is 0.178 e. The van der Waals surface area contributed by atoms with E-state index in [9.17, 15) is 4.79 Å². The van der Waals surface area contributed by atoms with Gasteiger partial charge in [-0.2, -0.15) is 0 Å². The second-order valence-corrected chi connectivity index (χ2v) is 3.89. The summed E-state index contributed by atoms with van der Waals surface area (Å²) in [4.78, 5) is 11.6. The molecule has 0 aliphatic carbocycles. The van der Waals surface area contributed by atoms with E-state index in [0.29, 0.717) is 0 Å². The van der Waals surface area contributed by atoms with Gasteiger partial charge < -0.3 is 0 Å². The maximum atomic E-state index is 11.6. The number of carbonyl (C=O) groups is 1. The van der Waals surface area contributed by atoms with Crippen molar-refractivity contribution in [3.8, 4) is 0 Å². The highest BCUT2D eigenvalue weighted by molar-refractivity contribution is 6.04. The summed E-state index contributed by atoms with van der Waals surface area (Å²) in [6.07, 6.45) is 6.79. The second-order valence-electron chi connectivity index (χ2n) is 3.89. The van der Waals surface area contributed by atoms with Crippen molar-refractivity contribution in [3.63, 3.8) is 0 Å². The molecule has 19 heavy (non-hydrogen) atoms. The summed E-state index contributed by atoms with van der Waals surface area (Å²) >= 11 is 0. The Morgan fingerprint density at radius 2 is 1.05 bits per heavy atom. The van der Waals surface area contributed by atoms with Gasteiger partial charge >= 0.3 is 0 Å². The molecular formula is C17H15ClO. The minimum atomic E-state index is -0.0114. The zero-order valence-electron chi connectivity index (χ0n) is 10.4. The van der Waals surface area contributed by atoms with Gasteiger partial charge in [-0.15, -0.1) is 12.4 Å². The van der Waals surface area contributed by atoms with Gasteiger partial charge in [0.2, 0.25) is 0 Å². The zero-order chi connectivity index (χ0) is 12.6. The van der Waals surface area contributed by atoms with E-state index in [2.05, 4.69) is 0 Å². The van der Waals surface area contributed by atoms with Gasteiger partial charge in [-0.05, 0) is 23.3 Å². The minimum absolute atomic E-state index is 0. The Balaban J connectivity index is 0.00000180. The maximum absolute atomic E-state index is 11.6. The molecule has 2 heteroatoms. The lowest BCUT2D eigenvalue weighted by molar-refractivity contribution is -0.110. The summed E-state index contributed by atoms with van der Waals surface area (Å²) in [5, 5.41) is 0. The number of benzene rings is 2. The Morgan fingerprint density at radius 3 is 1.42 bits per heavy atom. The number of rotatable bonds is 4. The number of allylic oxidation sites excluding steroid dienone is 2. The fraction of sp³-hybridized carbons (Fsp3) is 0. The van der Waals surface area contributed by atoms with E-state index in [1.165, 1.54) is 0 Å². The van der Waals surface area contributed by atoms with Gasteiger partial charge in [0, 0.05) is 0 Å². The van der Waals surface area contributed by atoms with Gasteiger partial charge in [0.1, 0.15) is 0 Å². The van der Waals surface area contributed by atoms with E-state index >= 15 is 0 Å². The topological polar surface area (TPSA) is 17.1 Å². The molecule has 0 spiro atoms. The van der Waals surface area contributed by atoms with Crippen molar-refractivity contribution in [1.29, 1.82) is 0 Å². The zero-order valence-corrected chi connectivity index (χ0v) is 11.2. The molecule has 0 amide bonds. The summed E-state index contributed by atoms with van der Waals surface area (Å²) in [6, 6.07) is 19.6. The van der Waals surface area contributed by atoms with Crippen LogP contribution >= 0.6 is 12.4 Å². The highest BCUT2D eigenvalue weighted by Gasteiger charge is 1.90. The molecule has 0 fully saturated rings. The van der Waals surface area contributed by atoms with Crippen LogP contribution in [0.4, 0.5) is 0 Å². The largest absolute Gasteiger partial charge is 0.290 e. The summed E-state index contributed by atoms with van der Waals surface area (Å²) in [6.45, 7) is 0. The third-order valence-electron chi connectivity index (χ3n) is 2.48. The van der Waals surface area contributed by atoms with E-state index < -0.39 is 0 Å². The van der Waals surface area contributed by atoms with Gasteiger partial charge in [0.15, 0.2) is 5.78 Å². The molecule has 0 saturated carbocycles. The van der Waals surface area contributed by atoms with Crippen LogP contribution in [0.25, 0.3) is 12.2 Å². The van der Waals surface area contributed by atoms with Crippen molar-refractivity contribution in [2.45, 2.75) is 0 Å². The van der Waals surface area contributed by atoms with Crippen molar-refractivity contribution < 1.29 is 4.79 Å². The lowest BCUT2D eigenvalue weighted by Crippen LogP contribution is -1.84. The summed E-state index contributed by atoms with van der Waals surface area (Å²) in [5.74, 6) is -0.0114. The fourth-order valence-corrected chi connectivity index (χ4v) is 1.54. The van der Waals surface area contributed by atoms with Gasteiger partial charge in [0.25, 0.3) is 0 Å². The highest BCUT2D eigenvalue weighted by Crippen LogP contribution is 2.03. The minimum Gasteiger partial charge on any atom is -0.290 e. The normalized spacial score (nSPS) is 10.5. The van der Waals surface area contributed by atoms with Crippen molar-refractivity contribution in [1.82, 2.24) is 0 Å². The molecule has 2 aromatic rings. The second kappa shape index (κ2) is 8.06. The molecule has 0 aromatic heterocycles. The Morgan fingerprint density at radius 1 is 0.684 bits per heavy atom. The van der Waals surface area contributed by atoms with Crippen LogP contribution in [0.3, 0.4) is 0 Å². The quantitative estimate of drug-likeness (QED) is 0.753. The van der Waals surface area contributed by atoms with Crippen LogP contribution in [0.2, 0.25) is 0 Å². The van der Waals surface area contributed by atoms with Crippen LogP contribution in [-0.4, -0.2) is 5.78 Å². The predicted molar refractivity (Wildman–Crippen MR) is 83.2 cm³/mol. The SMILES string of the molecule is Cl.O=C(C=Cc1ccccc1)C=Cc1ccccc1. The van der Waals surface area contributed by atoms with Crippen LogP contribution in [0.1, 0.15) is 11.1 Å². The van der Waals surface area contributed by atoms with E-state index in [1.807, 2.05) is 72.8 Å². The molecule has 0 atom stereocenters. The highest BCUT2D eigenvalue weighted by atomic mass is 35.5. The lowest BCUT2D eigenvalue weighted by Gasteiger charge is -1.91. The van der Waals surface area contributed by atoms with Gasteiger partial charge in [-0.3, -0.25) is 4.79 Å². The van der Waals surface area contributed by atoms with E-state index in [4.69, 9.17) is 0 Å². The first kappa shape index (κ1) is 14.9. The Hall–Kier alpha value is -2.12. The molecule has 0 heterocycles. The van der Waals surface area contributed by atoms with Gasteiger partial charge in [-0.25, -0.2) is 0 Å². The summed E-state index contributed by atoms with van der Waals surface area (Å²) in [5.41, 5.74) is 2.05. The summed E-state index contributed by atoms with van der Waals surface area (Å²) < 4.78 is 0. The average molecular weight is 271 g/mol. The van der Waals surface area contributed by atoms with Crippen molar-refractivity contribution in [2.24, 2.45) is 0 Å². The first-order valence-electron chi connectivity index (χ1n) is 5.85. The van der Waals surface area contributed by atoms with Crippen molar-refractivity contribution in [2.75, 3.05) is 0 Å². The molecule has 0 radical (unpaired) electrons. The molecule has 2 rings (SSSR count). The van der Waals surface area contributed by atoms with Crippen LogP contribution in [0.15, 0.2) is 72.8 Å². The molecule has 0 unspecified atom stereocenters. The number of halogens is 1. The van der Waals surface area contributed by atoms with Gasteiger partial charge in [-0.1, -0.05) is 72.8 Å². The monoisotopic (exact) mass is 270 g/mol. The molecular weight excluding hydrogens is 256 g/mol. The van der Waals surface area contributed by atoms with E-state index in [-0.39, 0.29) is 18.2 Å². The van der Waals surface area contributed by atoms with E-state index in [0.717, 1.165) is 11.1 Å². The molecule has 2 aromatic carbocycles. The summed E-state index contributed by atoms with van der Waals surface area (Å²) in [7, 11) is 0. The fourth-order valence-electron chi connectivity index (χ4n) is 1.54. The van der Waals surface area contributed by atoms with Crippen LogP contribution in [-0.2, 0) is 4.79 Å². The first-order chi connectivity index (χ1) is 8.84.